The van der Waals surface area contributed by atoms with E-state index >= 15 is 0 Å². The summed E-state index contributed by atoms with van der Waals surface area (Å²) in [6.45, 7) is 1.76. The number of halogens is 1. The molecule has 21 heavy (non-hydrogen) atoms. The highest BCUT2D eigenvalue weighted by Gasteiger charge is 2.40. The van der Waals surface area contributed by atoms with Crippen molar-refractivity contribution >= 4 is 23.5 Å². The van der Waals surface area contributed by atoms with Crippen molar-refractivity contribution in [2.24, 2.45) is 0 Å². The quantitative estimate of drug-likeness (QED) is 0.839. The summed E-state index contributed by atoms with van der Waals surface area (Å²) < 4.78 is 0. The normalized spacial score (nSPS) is 17.8. The summed E-state index contributed by atoms with van der Waals surface area (Å²) in [5, 5.41) is 12.9. The summed E-state index contributed by atoms with van der Waals surface area (Å²) in [7, 11) is 0. The van der Waals surface area contributed by atoms with Crippen LogP contribution in [0.15, 0.2) is 18.2 Å². The van der Waals surface area contributed by atoms with Gasteiger partial charge in [-0.2, -0.15) is 0 Å². The van der Waals surface area contributed by atoms with Gasteiger partial charge in [0.05, 0.1) is 0 Å². The maximum atomic E-state index is 12.5. The van der Waals surface area contributed by atoms with Gasteiger partial charge in [0.1, 0.15) is 5.54 Å². The third-order valence-electron chi connectivity index (χ3n) is 4.23. The Morgan fingerprint density at radius 2 is 1.81 bits per heavy atom. The Bertz CT molecular complexity index is 548. The van der Waals surface area contributed by atoms with Crippen LogP contribution < -0.4 is 5.32 Å². The molecule has 114 valence electrons. The van der Waals surface area contributed by atoms with E-state index in [4.69, 9.17) is 11.6 Å². The van der Waals surface area contributed by atoms with Gasteiger partial charge in [0.25, 0.3) is 5.91 Å². The molecule has 0 heterocycles. The van der Waals surface area contributed by atoms with Crippen LogP contribution in [0, 0.1) is 6.92 Å². The molecule has 5 heteroatoms. The first kappa shape index (κ1) is 15.8. The lowest BCUT2D eigenvalue weighted by molar-refractivity contribution is -0.145. The molecule has 1 aliphatic carbocycles. The molecule has 1 aromatic carbocycles. The molecule has 0 radical (unpaired) electrons. The van der Waals surface area contributed by atoms with Gasteiger partial charge in [-0.3, -0.25) is 4.79 Å². The fourth-order valence-electron chi connectivity index (χ4n) is 2.86. The van der Waals surface area contributed by atoms with Crippen LogP contribution in [0.4, 0.5) is 0 Å². The molecular weight excluding hydrogens is 290 g/mol. The molecule has 2 rings (SSSR count). The standard InChI is InChI=1S/C16H20ClNO3/c1-11-12(7-6-8-13(11)17)14(19)18-16(15(20)21)9-4-2-3-5-10-16/h6-8H,2-5,9-10H2,1H3,(H,18,19)(H,20,21). The highest BCUT2D eigenvalue weighted by molar-refractivity contribution is 6.31. The molecule has 1 saturated carbocycles. The fourth-order valence-corrected chi connectivity index (χ4v) is 3.04. The van der Waals surface area contributed by atoms with Crippen LogP contribution in [0.1, 0.15) is 54.4 Å². The van der Waals surface area contributed by atoms with Crippen molar-refractivity contribution in [3.63, 3.8) is 0 Å². The molecule has 2 N–H and O–H groups in total. The smallest absolute Gasteiger partial charge is 0.329 e. The minimum Gasteiger partial charge on any atom is -0.480 e. The van der Waals surface area contributed by atoms with Gasteiger partial charge in [0.15, 0.2) is 0 Å². The first-order valence-corrected chi connectivity index (χ1v) is 7.65. The number of aliphatic carboxylic acids is 1. The van der Waals surface area contributed by atoms with Crippen molar-refractivity contribution in [3.05, 3.63) is 34.3 Å². The average Bonchev–Trinajstić information content (AvgIpc) is 2.68. The van der Waals surface area contributed by atoms with Crippen LogP contribution in [-0.4, -0.2) is 22.5 Å². The zero-order chi connectivity index (χ0) is 15.5. The number of carbonyl (C=O) groups is 2. The zero-order valence-corrected chi connectivity index (χ0v) is 12.9. The number of carboxylic acid groups (broad SMARTS) is 1. The van der Waals surface area contributed by atoms with Gasteiger partial charge in [-0.25, -0.2) is 4.79 Å². The number of hydrogen-bond acceptors (Lipinski definition) is 2. The Kier molecular flexibility index (Phi) is 4.88. The predicted octanol–water partition coefficient (Wildman–Crippen LogP) is 3.56. The lowest BCUT2D eigenvalue weighted by Crippen LogP contribution is -2.54. The summed E-state index contributed by atoms with van der Waals surface area (Å²) >= 11 is 6.03. The number of rotatable bonds is 3. The van der Waals surface area contributed by atoms with Gasteiger partial charge in [-0.15, -0.1) is 0 Å². The second-order valence-corrected chi connectivity index (χ2v) is 6.08. The largest absolute Gasteiger partial charge is 0.480 e. The zero-order valence-electron chi connectivity index (χ0n) is 12.1. The number of benzene rings is 1. The van der Waals surface area contributed by atoms with Crippen LogP contribution in [0.5, 0.6) is 0 Å². The lowest BCUT2D eigenvalue weighted by atomic mass is 9.89. The third-order valence-corrected chi connectivity index (χ3v) is 4.64. The van der Waals surface area contributed by atoms with Gasteiger partial charge in [-0.05, 0) is 37.5 Å². The van der Waals surface area contributed by atoms with Gasteiger partial charge in [0.2, 0.25) is 0 Å². The Morgan fingerprint density at radius 3 is 2.38 bits per heavy atom. The first-order chi connectivity index (χ1) is 9.96. The number of nitrogens with one attached hydrogen (secondary N) is 1. The number of amides is 1. The molecule has 0 aromatic heterocycles. The van der Waals surface area contributed by atoms with Crippen LogP contribution in [0.3, 0.4) is 0 Å². The second kappa shape index (κ2) is 6.48. The predicted molar refractivity (Wildman–Crippen MR) is 81.7 cm³/mol. The van der Waals surface area contributed by atoms with Crippen molar-refractivity contribution < 1.29 is 14.7 Å². The van der Waals surface area contributed by atoms with E-state index in [2.05, 4.69) is 5.32 Å². The van der Waals surface area contributed by atoms with E-state index in [1.165, 1.54) is 0 Å². The molecule has 0 spiro atoms. The van der Waals surface area contributed by atoms with Crippen molar-refractivity contribution in [3.8, 4) is 0 Å². The Balaban J connectivity index is 2.26. The molecule has 0 saturated heterocycles. The molecule has 1 fully saturated rings. The maximum absolute atomic E-state index is 12.5. The molecular formula is C16H20ClNO3. The third kappa shape index (κ3) is 3.38. The van der Waals surface area contributed by atoms with E-state index in [0.29, 0.717) is 29.0 Å². The maximum Gasteiger partial charge on any atom is 0.329 e. The molecule has 0 unspecified atom stereocenters. The summed E-state index contributed by atoms with van der Waals surface area (Å²) in [5.74, 6) is -1.31. The van der Waals surface area contributed by atoms with Crippen molar-refractivity contribution in [2.75, 3.05) is 0 Å². The molecule has 4 nitrogen and oxygen atoms in total. The van der Waals surface area contributed by atoms with Crippen molar-refractivity contribution in [1.29, 1.82) is 0 Å². The summed E-state index contributed by atoms with van der Waals surface area (Å²) in [6.07, 6.45) is 4.63. The van der Waals surface area contributed by atoms with Crippen molar-refractivity contribution in [2.45, 2.75) is 51.0 Å². The highest BCUT2D eigenvalue weighted by atomic mass is 35.5. The van der Waals surface area contributed by atoms with Gasteiger partial charge < -0.3 is 10.4 Å². The topological polar surface area (TPSA) is 66.4 Å². The van der Waals surface area contributed by atoms with E-state index in [1.54, 1.807) is 25.1 Å². The van der Waals surface area contributed by atoms with E-state index in [0.717, 1.165) is 25.7 Å². The number of carboxylic acids is 1. The second-order valence-electron chi connectivity index (χ2n) is 5.67. The fraction of sp³-hybridized carbons (Fsp3) is 0.500. The number of hydrogen-bond donors (Lipinski definition) is 2. The van der Waals surface area contributed by atoms with Crippen LogP contribution in [0.2, 0.25) is 5.02 Å². The minimum absolute atomic E-state index is 0.362. The molecule has 0 atom stereocenters. The van der Waals surface area contributed by atoms with Gasteiger partial charge in [0, 0.05) is 10.6 Å². The van der Waals surface area contributed by atoms with Gasteiger partial charge in [-0.1, -0.05) is 43.4 Å². The number of carbonyl (C=O) groups excluding carboxylic acids is 1. The molecule has 0 aliphatic heterocycles. The van der Waals surface area contributed by atoms with Crippen molar-refractivity contribution in [1.82, 2.24) is 5.32 Å². The van der Waals surface area contributed by atoms with Crippen LogP contribution in [-0.2, 0) is 4.79 Å². The van der Waals surface area contributed by atoms with E-state index < -0.39 is 11.5 Å². The molecule has 1 aliphatic rings. The van der Waals surface area contributed by atoms with E-state index in [-0.39, 0.29) is 5.91 Å². The molecule has 1 amide bonds. The summed E-state index contributed by atoms with van der Waals surface area (Å²) in [5.41, 5.74) is -0.0410. The van der Waals surface area contributed by atoms with Gasteiger partial charge >= 0.3 is 5.97 Å². The Hall–Kier alpha value is -1.55. The first-order valence-electron chi connectivity index (χ1n) is 7.27. The Labute approximate surface area is 129 Å². The lowest BCUT2D eigenvalue weighted by Gasteiger charge is -2.29. The monoisotopic (exact) mass is 309 g/mol. The SMILES string of the molecule is Cc1c(Cl)cccc1C(=O)NC1(C(=O)O)CCCCCC1. The minimum atomic E-state index is -1.15. The van der Waals surface area contributed by atoms with Crippen LogP contribution in [0.25, 0.3) is 0 Å². The molecule has 0 bridgehead atoms. The average molecular weight is 310 g/mol. The Morgan fingerprint density at radius 1 is 1.19 bits per heavy atom. The highest BCUT2D eigenvalue weighted by Crippen LogP contribution is 2.28. The van der Waals surface area contributed by atoms with Crippen LogP contribution >= 0.6 is 11.6 Å². The van der Waals surface area contributed by atoms with E-state index in [9.17, 15) is 14.7 Å². The van der Waals surface area contributed by atoms with E-state index in [1.807, 2.05) is 0 Å². The molecule has 1 aromatic rings. The summed E-state index contributed by atoms with van der Waals surface area (Å²) in [6, 6.07) is 5.08. The summed E-state index contributed by atoms with van der Waals surface area (Å²) in [4.78, 5) is 24.2.